The molecule has 2 rings (SSSR count). The number of aromatic nitrogens is 1. The number of hydrogen-bond acceptors (Lipinski definition) is 2. The Labute approximate surface area is 96.4 Å². The highest BCUT2D eigenvalue weighted by Crippen LogP contribution is 2.29. The second-order valence-electron chi connectivity index (χ2n) is 4.50. The summed E-state index contributed by atoms with van der Waals surface area (Å²) in [5.41, 5.74) is 5.43. The van der Waals surface area contributed by atoms with E-state index < -0.39 is 0 Å². The van der Waals surface area contributed by atoms with Crippen molar-refractivity contribution in [1.82, 2.24) is 4.57 Å². The molecule has 0 bridgehead atoms. The Kier molecular flexibility index (Phi) is 3.03. The van der Waals surface area contributed by atoms with Crippen molar-refractivity contribution in [3.05, 3.63) is 22.5 Å². The zero-order valence-electron chi connectivity index (χ0n) is 10.3. The monoisotopic (exact) mass is 221 g/mol. The van der Waals surface area contributed by atoms with Gasteiger partial charge in [-0.3, -0.25) is 4.79 Å². The number of methoxy groups -OCH3 is 1. The topological polar surface area (TPSA) is 31.2 Å². The van der Waals surface area contributed by atoms with Gasteiger partial charge < -0.3 is 9.30 Å². The summed E-state index contributed by atoms with van der Waals surface area (Å²) in [5.74, 6) is -0.168. The number of ether oxygens (including phenoxy) is 1. The molecule has 0 atom stereocenters. The summed E-state index contributed by atoms with van der Waals surface area (Å²) in [6, 6.07) is 0. The van der Waals surface area contributed by atoms with Gasteiger partial charge in [0.05, 0.1) is 7.11 Å². The molecule has 16 heavy (non-hydrogen) atoms. The average molecular weight is 221 g/mol. The van der Waals surface area contributed by atoms with Crippen LogP contribution in [0.2, 0.25) is 0 Å². The molecular weight excluding hydrogens is 202 g/mol. The van der Waals surface area contributed by atoms with Gasteiger partial charge in [-0.1, -0.05) is 0 Å². The average Bonchev–Trinajstić information content (AvgIpc) is 2.55. The van der Waals surface area contributed by atoms with Crippen LogP contribution < -0.4 is 0 Å². The molecule has 1 aliphatic carbocycles. The highest BCUT2D eigenvalue weighted by molar-refractivity contribution is 5.69. The van der Waals surface area contributed by atoms with E-state index in [-0.39, 0.29) is 5.97 Å². The van der Waals surface area contributed by atoms with E-state index in [1.807, 2.05) is 0 Å². The number of nitrogens with zero attached hydrogens (tertiary/aromatic N) is 1. The molecule has 0 fully saturated rings. The lowest BCUT2D eigenvalue weighted by atomic mass is 9.92. The molecule has 0 saturated carbocycles. The van der Waals surface area contributed by atoms with Crippen molar-refractivity contribution in [2.24, 2.45) is 0 Å². The van der Waals surface area contributed by atoms with E-state index in [2.05, 4.69) is 18.4 Å². The highest BCUT2D eigenvalue weighted by Gasteiger charge is 2.21. The van der Waals surface area contributed by atoms with Gasteiger partial charge in [0.15, 0.2) is 0 Å². The van der Waals surface area contributed by atoms with Gasteiger partial charge in [-0.25, -0.2) is 0 Å². The molecule has 0 amide bonds. The third-order valence-corrected chi connectivity index (χ3v) is 3.67. The molecule has 0 spiro atoms. The highest BCUT2D eigenvalue weighted by atomic mass is 16.5. The van der Waals surface area contributed by atoms with Crippen LogP contribution in [-0.2, 0) is 28.9 Å². The molecular formula is C13H19NO2. The zero-order chi connectivity index (χ0) is 11.7. The van der Waals surface area contributed by atoms with E-state index in [1.54, 1.807) is 0 Å². The Morgan fingerprint density at radius 2 is 1.69 bits per heavy atom. The lowest BCUT2D eigenvalue weighted by molar-refractivity contribution is -0.141. The quantitative estimate of drug-likeness (QED) is 0.717. The van der Waals surface area contributed by atoms with Gasteiger partial charge in [0.1, 0.15) is 6.54 Å². The first-order valence-corrected chi connectivity index (χ1v) is 5.89. The molecule has 0 aromatic carbocycles. The molecule has 1 aromatic heterocycles. The van der Waals surface area contributed by atoms with Gasteiger partial charge in [-0.2, -0.15) is 0 Å². The van der Waals surface area contributed by atoms with E-state index in [0.29, 0.717) is 6.54 Å². The number of fused-ring (bicyclic) bond motifs is 1. The smallest absolute Gasteiger partial charge is 0.325 e. The Hall–Kier alpha value is -1.25. The molecule has 0 N–H and O–H groups in total. The largest absolute Gasteiger partial charge is 0.468 e. The fraction of sp³-hybridized carbons (Fsp3) is 0.615. The molecule has 0 aliphatic heterocycles. The molecule has 1 aliphatic rings. The maximum Gasteiger partial charge on any atom is 0.325 e. The Morgan fingerprint density at radius 3 is 2.12 bits per heavy atom. The minimum atomic E-state index is -0.168. The number of carbonyl (C=O) groups is 1. The van der Waals surface area contributed by atoms with E-state index >= 15 is 0 Å². The summed E-state index contributed by atoms with van der Waals surface area (Å²) in [4.78, 5) is 11.4. The van der Waals surface area contributed by atoms with Crippen LogP contribution in [0.5, 0.6) is 0 Å². The summed E-state index contributed by atoms with van der Waals surface area (Å²) in [6.45, 7) is 4.57. The Morgan fingerprint density at radius 1 is 1.19 bits per heavy atom. The fourth-order valence-electron chi connectivity index (χ4n) is 2.71. The maximum absolute atomic E-state index is 11.4. The van der Waals surface area contributed by atoms with Crippen LogP contribution in [0.25, 0.3) is 0 Å². The predicted molar refractivity (Wildman–Crippen MR) is 62.6 cm³/mol. The summed E-state index contributed by atoms with van der Waals surface area (Å²) < 4.78 is 6.84. The first kappa shape index (κ1) is 11.2. The van der Waals surface area contributed by atoms with E-state index in [4.69, 9.17) is 4.74 Å². The van der Waals surface area contributed by atoms with Crippen molar-refractivity contribution >= 4 is 5.97 Å². The van der Waals surface area contributed by atoms with Crippen molar-refractivity contribution in [2.45, 2.75) is 46.1 Å². The van der Waals surface area contributed by atoms with Crippen LogP contribution in [0.1, 0.15) is 35.4 Å². The number of carbonyl (C=O) groups excluding carboxylic acids is 1. The molecule has 0 unspecified atom stereocenters. The molecule has 0 radical (unpaired) electrons. The second-order valence-corrected chi connectivity index (χ2v) is 4.50. The van der Waals surface area contributed by atoms with Crippen LogP contribution in [-0.4, -0.2) is 17.6 Å². The van der Waals surface area contributed by atoms with Gasteiger partial charge in [0.25, 0.3) is 0 Å². The van der Waals surface area contributed by atoms with Crippen molar-refractivity contribution in [1.29, 1.82) is 0 Å². The van der Waals surface area contributed by atoms with Crippen molar-refractivity contribution in [2.75, 3.05) is 7.11 Å². The standard InChI is InChI=1S/C13H19NO2/c1-9-11-6-4-5-7-12(11)10(2)14(9)8-13(15)16-3/h4-8H2,1-3H3. The Bertz CT molecular complexity index is 389. The minimum absolute atomic E-state index is 0.168. The second kappa shape index (κ2) is 4.32. The zero-order valence-corrected chi connectivity index (χ0v) is 10.3. The van der Waals surface area contributed by atoms with E-state index in [9.17, 15) is 4.79 Å². The lowest BCUT2D eigenvalue weighted by Crippen LogP contribution is -2.14. The SMILES string of the molecule is COC(=O)Cn1c(C)c2c(c1C)CCCC2. The predicted octanol–water partition coefficient (Wildman–Crippen LogP) is 2.16. The summed E-state index contributed by atoms with van der Waals surface area (Å²) in [7, 11) is 1.44. The number of hydrogen-bond donors (Lipinski definition) is 0. The van der Waals surface area contributed by atoms with Gasteiger partial charge in [-0.15, -0.1) is 0 Å². The molecule has 3 nitrogen and oxygen atoms in total. The number of esters is 1. The Balaban J connectivity index is 2.38. The minimum Gasteiger partial charge on any atom is -0.468 e. The third-order valence-electron chi connectivity index (χ3n) is 3.67. The van der Waals surface area contributed by atoms with Gasteiger partial charge in [-0.05, 0) is 50.7 Å². The van der Waals surface area contributed by atoms with Gasteiger partial charge in [0.2, 0.25) is 0 Å². The third kappa shape index (κ3) is 1.75. The first-order valence-electron chi connectivity index (χ1n) is 5.89. The molecule has 1 heterocycles. The van der Waals surface area contributed by atoms with E-state index in [1.165, 1.54) is 42.5 Å². The first-order chi connectivity index (χ1) is 7.65. The summed E-state index contributed by atoms with van der Waals surface area (Å²) in [6.07, 6.45) is 4.87. The van der Waals surface area contributed by atoms with Crippen LogP contribution in [0.3, 0.4) is 0 Å². The van der Waals surface area contributed by atoms with Crippen LogP contribution in [0.4, 0.5) is 0 Å². The summed E-state index contributed by atoms with van der Waals surface area (Å²) in [5, 5.41) is 0. The fourth-order valence-corrected chi connectivity index (χ4v) is 2.71. The van der Waals surface area contributed by atoms with Crippen LogP contribution >= 0.6 is 0 Å². The summed E-state index contributed by atoms with van der Waals surface area (Å²) >= 11 is 0. The normalized spacial score (nSPS) is 14.7. The molecule has 0 saturated heterocycles. The molecule has 1 aromatic rings. The molecule has 3 heteroatoms. The van der Waals surface area contributed by atoms with E-state index in [0.717, 1.165) is 12.8 Å². The van der Waals surface area contributed by atoms with Crippen molar-refractivity contribution in [3.8, 4) is 0 Å². The lowest BCUT2D eigenvalue weighted by Gasteiger charge is -2.11. The van der Waals surface area contributed by atoms with Crippen molar-refractivity contribution < 1.29 is 9.53 Å². The maximum atomic E-state index is 11.4. The van der Waals surface area contributed by atoms with Crippen molar-refractivity contribution in [3.63, 3.8) is 0 Å². The van der Waals surface area contributed by atoms with Gasteiger partial charge >= 0.3 is 5.97 Å². The number of rotatable bonds is 2. The van der Waals surface area contributed by atoms with Crippen LogP contribution in [0, 0.1) is 13.8 Å². The molecule has 88 valence electrons. The van der Waals surface area contributed by atoms with Crippen LogP contribution in [0.15, 0.2) is 0 Å². The van der Waals surface area contributed by atoms with Gasteiger partial charge in [0, 0.05) is 11.4 Å².